The van der Waals surface area contributed by atoms with Gasteiger partial charge in [-0.1, -0.05) is 12.1 Å². The molecule has 100 valence electrons. The van der Waals surface area contributed by atoms with Crippen LogP contribution in [-0.4, -0.2) is 20.8 Å². The number of aryl methyl sites for hydroxylation is 2. The van der Waals surface area contributed by atoms with E-state index in [0.29, 0.717) is 6.04 Å². The van der Waals surface area contributed by atoms with E-state index >= 15 is 0 Å². The standard InChI is InChI=1S/C15H20N4/c1-10-4-5-12(8-11(10)2)15-18-17-14(19(15)3)9-16-13-6-7-13/h4-5,8,13,16H,6-7,9H2,1-3H3. The van der Waals surface area contributed by atoms with Gasteiger partial charge in [0.15, 0.2) is 5.82 Å². The molecule has 0 unspecified atom stereocenters. The summed E-state index contributed by atoms with van der Waals surface area (Å²) < 4.78 is 2.08. The molecule has 1 aliphatic carbocycles. The first-order valence-corrected chi connectivity index (χ1v) is 6.84. The number of nitrogens with one attached hydrogen (secondary N) is 1. The van der Waals surface area contributed by atoms with Gasteiger partial charge in [-0.3, -0.25) is 0 Å². The molecule has 1 fully saturated rings. The SMILES string of the molecule is Cc1ccc(-c2nnc(CNC3CC3)n2C)cc1C. The van der Waals surface area contributed by atoms with Gasteiger partial charge >= 0.3 is 0 Å². The number of rotatable bonds is 4. The molecule has 19 heavy (non-hydrogen) atoms. The smallest absolute Gasteiger partial charge is 0.163 e. The summed E-state index contributed by atoms with van der Waals surface area (Å²) in [7, 11) is 2.04. The van der Waals surface area contributed by atoms with Crippen molar-refractivity contribution < 1.29 is 0 Å². The Morgan fingerprint density at radius 3 is 2.68 bits per heavy atom. The molecule has 0 amide bonds. The van der Waals surface area contributed by atoms with Crippen molar-refractivity contribution in [1.82, 2.24) is 20.1 Å². The van der Waals surface area contributed by atoms with Crippen molar-refractivity contribution in [3.05, 3.63) is 35.2 Å². The summed E-state index contributed by atoms with van der Waals surface area (Å²) in [4.78, 5) is 0. The first-order valence-electron chi connectivity index (χ1n) is 6.84. The van der Waals surface area contributed by atoms with Gasteiger partial charge in [0.2, 0.25) is 0 Å². The Balaban J connectivity index is 1.85. The van der Waals surface area contributed by atoms with Crippen LogP contribution in [0.15, 0.2) is 18.2 Å². The fraction of sp³-hybridized carbons (Fsp3) is 0.467. The summed E-state index contributed by atoms with van der Waals surface area (Å²) in [6.45, 7) is 5.06. The van der Waals surface area contributed by atoms with E-state index in [4.69, 9.17) is 0 Å². The average Bonchev–Trinajstić information content (AvgIpc) is 3.15. The van der Waals surface area contributed by atoms with Crippen molar-refractivity contribution in [2.45, 2.75) is 39.3 Å². The van der Waals surface area contributed by atoms with Gasteiger partial charge in [0.05, 0.1) is 6.54 Å². The Labute approximate surface area is 113 Å². The lowest BCUT2D eigenvalue weighted by Crippen LogP contribution is -2.18. The van der Waals surface area contributed by atoms with Gasteiger partial charge in [-0.25, -0.2) is 0 Å². The molecule has 1 saturated carbocycles. The molecule has 0 radical (unpaired) electrons. The van der Waals surface area contributed by atoms with Crippen LogP contribution < -0.4 is 5.32 Å². The van der Waals surface area contributed by atoms with E-state index in [0.717, 1.165) is 23.8 Å². The zero-order chi connectivity index (χ0) is 13.4. The van der Waals surface area contributed by atoms with Crippen LogP contribution >= 0.6 is 0 Å². The van der Waals surface area contributed by atoms with E-state index in [2.05, 4.69) is 52.1 Å². The highest BCUT2D eigenvalue weighted by Crippen LogP contribution is 2.22. The van der Waals surface area contributed by atoms with Crippen molar-refractivity contribution in [2.75, 3.05) is 0 Å². The van der Waals surface area contributed by atoms with Crippen LogP contribution in [-0.2, 0) is 13.6 Å². The number of aromatic nitrogens is 3. The molecule has 4 nitrogen and oxygen atoms in total. The van der Waals surface area contributed by atoms with Gasteiger partial charge in [-0.2, -0.15) is 0 Å². The third-order valence-corrected chi connectivity index (χ3v) is 3.86. The van der Waals surface area contributed by atoms with Crippen molar-refractivity contribution in [1.29, 1.82) is 0 Å². The molecule has 1 heterocycles. The highest BCUT2D eigenvalue weighted by molar-refractivity contribution is 5.57. The Bertz CT molecular complexity index is 596. The van der Waals surface area contributed by atoms with E-state index in [1.165, 1.54) is 24.0 Å². The average molecular weight is 256 g/mol. The first kappa shape index (κ1) is 12.4. The van der Waals surface area contributed by atoms with Gasteiger partial charge in [0, 0.05) is 18.7 Å². The largest absolute Gasteiger partial charge is 0.313 e. The van der Waals surface area contributed by atoms with Crippen molar-refractivity contribution in [3.63, 3.8) is 0 Å². The van der Waals surface area contributed by atoms with Gasteiger partial charge in [0.25, 0.3) is 0 Å². The topological polar surface area (TPSA) is 42.7 Å². The Hall–Kier alpha value is -1.68. The number of benzene rings is 1. The van der Waals surface area contributed by atoms with E-state index < -0.39 is 0 Å². The third-order valence-electron chi connectivity index (χ3n) is 3.86. The predicted octanol–water partition coefficient (Wildman–Crippen LogP) is 2.35. The minimum atomic E-state index is 0.696. The van der Waals surface area contributed by atoms with Crippen LogP contribution in [0, 0.1) is 13.8 Å². The molecule has 2 aromatic rings. The molecular formula is C15H20N4. The highest BCUT2D eigenvalue weighted by Gasteiger charge is 2.21. The van der Waals surface area contributed by atoms with E-state index in [1.807, 2.05) is 7.05 Å². The number of hydrogen-bond acceptors (Lipinski definition) is 3. The summed E-state index contributed by atoms with van der Waals surface area (Å²) in [5, 5.41) is 12.1. The van der Waals surface area contributed by atoms with E-state index in [-0.39, 0.29) is 0 Å². The van der Waals surface area contributed by atoms with Crippen molar-refractivity contribution in [2.24, 2.45) is 7.05 Å². The fourth-order valence-electron chi connectivity index (χ4n) is 2.17. The minimum Gasteiger partial charge on any atom is -0.313 e. The molecule has 3 rings (SSSR count). The van der Waals surface area contributed by atoms with Crippen molar-refractivity contribution >= 4 is 0 Å². The summed E-state index contributed by atoms with van der Waals surface area (Å²) in [6, 6.07) is 7.13. The molecule has 0 bridgehead atoms. The van der Waals surface area contributed by atoms with Crippen LogP contribution in [0.5, 0.6) is 0 Å². The molecular weight excluding hydrogens is 236 g/mol. The molecule has 1 N–H and O–H groups in total. The maximum absolute atomic E-state index is 4.33. The Morgan fingerprint density at radius 1 is 1.21 bits per heavy atom. The van der Waals surface area contributed by atoms with Gasteiger partial charge in [-0.15, -0.1) is 10.2 Å². The minimum absolute atomic E-state index is 0.696. The monoisotopic (exact) mass is 256 g/mol. The molecule has 4 heteroatoms. The Kier molecular flexibility index (Phi) is 3.11. The van der Waals surface area contributed by atoms with Gasteiger partial charge in [0.1, 0.15) is 5.82 Å². The molecule has 0 saturated heterocycles. The molecule has 1 aromatic carbocycles. The summed E-state index contributed by atoms with van der Waals surface area (Å²) in [5.41, 5.74) is 3.73. The lowest BCUT2D eigenvalue weighted by Gasteiger charge is -2.06. The quantitative estimate of drug-likeness (QED) is 0.913. The number of nitrogens with zero attached hydrogens (tertiary/aromatic N) is 3. The summed E-state index contributed by atoms with van der Waals surface area (Å²) in [6.07, 6.45) is 2.59. The lowest BCUT2D eigenvalue weighted by atomic mass is 10.1. The maximum atomic E-state index is 4.33. The fourth-order valence-corrected chi connectivity index (χ4v) is 2.17. The van der Waals surface area contributed by atoms with Crippen LogP contribution in [0.1, 0.15) is 29.8 Å². The van der Waals surface area contributed by atoms with E-state index in [9.17, 15) is 0 Å². The third kappa shape index (κ3) is 2.54. The molecule has 1 aliphatic rings. The molecule has 0 atom stereocenters. The van der Waals surface area contributed by atoms with Crippen LogP contribution in [0.4, 0.5) is 0 Å². The second-order valence-corrected chi connectivity index (χ2v) is 5.45. The zero-order valence-electron chi connectivity index (χ0n) is 11.8. The zero-order valence-corrected chi connectivity index (χ0v) is 11.8. The normalized spacial score (nSPS) is 14.9. The lowest BCUT2D eigenvalue weighted by molar-refractivity contribution is 0.634. The van der Waals surface area contributed by atoms with Crippen molar-refractivity contribution in [3.8, 4) is 11.4 Å². The molecule has 1 aromatic heterocycles. The highest BCUT2D eigenvalue weighted by atomic mass is 15.3. The molecule has 0 aliphatic heterocycles. The Morgan fingerprint density at radius 2 is 2.00 bits per heavy atom. The second kappa shape index (κ2) is 4.78. The van der Waals surface area contributed by atoms with E-state index in [1.54, 1.807) is 0 Å². The number of hydrogen-bond donors (Lipinski definition) is 1. The maximum Gasteiger partial charge on any atom is 0.163 e. The van der Waals surface area contributed by atoms with Crippen LogP contribution in [0.2, 0.25) is 0 Å². The van der Waals surface area contributed by atoms with Crippen LogP contribution in [0.3, 0.4) is 0 Å². The molecule has 0 spiro atoms. The second-order valence-electron chi connectivity index (χ2n) is 5.45. The predicted molar refractivity (Wildman–Crippen MR) is 75.8 cm³/mol. The van der Waals surface area contributed by atoms with Crippen LogP contribution in [0.25, 0.3) is 11.4 Å². The van der Waals surface area contributed by atoms with Gasteiger partial charge in [-0.05, 0) is 43.9 Å². The first-order chi connectivity index (χ1) is 9.15. The summed E-state index contributed by atoms with van der Waals surface area (Å²) in [5.74, 6) is 1.94. The van der Waals surface area contributed by atoms with Gasteiger partial charge < -0.3 is 9.88 Å². The summed E-state index contributed by atoms with van der Waals surface area (Å²) >= 11 is 0.